The summed E-state index contributed by atoms with van der Waals surface area (Å²) in [6.07, 6.45) is -0.363. The second kappa shape index (κ2) is 17.2. The first kappa shape index (κ1) is 45.7. The van der Waals surface area contributed by atoms with E-state index in [1.165, 1.54) is 6.92 Å². The number of pyridine rings is 1. The fraction of sp³-hybridized carbons (Fsp3) is 0.674. The summed E-state index contributed by atoms with van der Waals surface area (Å²) in [6.45, 7) is 17.9. The van der Waals surface area contributed by atoms with Crippen molar-refractivity contribution in [3.8, 4) is 0 Å². The van der Waals surface area contributed by atoms with Crippen molar-refractivity contribution in [1.29, 1.82) is 0 Å². The van der Waals surface area contributed by atoms with Gasteiger partial charge in [-0.3, -0.25) is 14.6 Å². The third kappa shape index (κ3) is 9.04. The Morgan fingerprint density at radius 3 is 2.47 bits per heavy atom. The van der Waals surface area contributed by atoms with Gasteiger partial charge in [-0.05, 0) is 90.1 Å². The first-order valence-corrected chi connectivity index (χ1v) is 21.4. The van der Waals surface area contributed by atoms with Gasteiger partial charge in [-0.25, -0.2) is 14.0 Å². The molecule has 0 radical (unpaired) electrons. The van der Waals surface area contributed by atoms with Crippen LogP contribution in [0.5, 0.6) is 0 Å². The Kier molecular flexibility index (Phi) is 13.1. The highest BCUT2D eigenvalue weighted by atomic mass is 19.1. The molecule has 4 saturated heterocycles. The predicted molar refractivity (Wildman–Crippen MR) is 222 cm³/mol. The Morgan fingerprint density at radius 2 is 1.78 bits per heavy atom. The maximum absolute atomic E-state index is 17.0. The molecule has 2 aromatic rings. The quantitative estimate of drug-likeness (QED) is 0.224. The van der Waals surface area contributed by atoms with Crippen LogP contribution in [0.1, 0.15) is 100 Å². The summed E-state index contributed by atoms with van der Waals surface area (Å²) in [5, 5.41) is 15.6. The third-order valence-corrected chi connectivity index (χ3v) is 13.3. The van der Waals surface area contributed by atoms with E-state index in [4.69, 9.17) is 23.7 Å². The van der Waals surface area contributed by atoms with Gasteiger partial charge in [0.15, 0.2) is 17.7 Å². The lowest BCUT2D eigenvalue weighted by Crippen LogP contribution is -2.61. The number of aliphatic hydroxyl groups is 1. The zero-order chi connectivity index (χ0) is 44.1. The summed E-state index contributed by atoms with van der Waals surface area (Å²) in [7, 11) is 1.94. The number of alkyl halides is 1. The van der Waals surface area contributed by atoms with Crippen molar-refractivity contribution in [2.45, 2.75) is 161 Å². The molecule has 1 aromatic carbocycles. The van der Waals surface area contributed by atoms with Gasteiger partial charge in [0.2, 0.25) is 0 Å². The smallest absolute Gasteiger partial charge is 0.408 e. The molecule has 1 amide bonds. The minimum Gasteiger partial charge on any atom is -0.455 e. The van der Waals surface area contributed by atoms with Crippen LogP contribution in [-0.2, 0) is 38.1 Å². The Bertz CT molecular complexity index is 1970. The van der Waals surface area contributed by atoms with Crippen molar-refractivity contribution in [2.24, 2.45) is 23.2 Å². The standard InChI is InChI=1S/C46H64FN3O10/c1-12-34-46(10)37(49-42(55)60-46)26(3)35(51)30-23-44(8,59-33(30)18-17-28-22-29-15-13-14-16-31(29)48-24-28)39(27(4)38(53)45(9,47)41(54)57-34)58-40-36(52)32(21-25(2)56-40)50(11)20-19-43(5,6)7/h13-18,22,24-27,30,32-34,36-37,39-40,52H,12,19-21,23H2,1-11H3,(H,49,55)/b18-17+/t25-,26+,27+,30+,32+,33?,34-,36-,37-,39-,40+,44-,45+,46-/m1/s1. The highest BCUT2D eigenvalue weighted by Crippen LogP contribution is 2.47. The normalized spacial score (nSPS) is 39.4. The molecule has 1 unspecified atom stereocenters. The summed E-state index contributed by atoms with van der Waals surface area (Å²) < 4.78 is 48.3. The van der Waals surface area contributed by atoms with Gasteiger partial charge in [0.1, 0.15) is 18.0 Å². The van der Waals surface area contributed by atoms with E-state index in [9.17, 15) is 24.3 Å². The summed E-state index contributed by atoms with van der Waals surface area (Å²) in [5.74, 6) is -6.05. The number of nitrogens with one attached hydrogen (secondary N) is 1. The molecule has 13 nitrogen and oxygen atoms in total. The maximum atomic E-state index is 17.0. The Hall–Kier alpha value is -3.82. The van der Waals surface area contributed by atoms with Gasteiger partial charge in [0.25, 0.3) is 5.67 Å². The SMILES string of the molecule is CC[C@H]1OC(=O)[C@@](C)(F)C(=O)[C@H](C)[C@@H](O[C@@H]2O[C@H](C)C[C@H](N(C)CCC(C)(C)C)[C@H]2O)[C@@]2(C)C[C@H](C(=O)[C@H](C)[C@H]3NC(=O)O[C@@]31C)C(/C=C/c1cnc3ccccc3c1)O2. The van der Waals surface area contributed by atoms with E-state index in [0.29, 0.717) is 13.0 Å². The van der Waals surface area contributed by atoms with Crippen molar-refractivity contribution >= 4 is 40.6 Å². The molecular weight excluding hydrogens is 774 g/mol. The number of halogens is 1. The molecule has 0 saturated carbocycles. The Labute approximate surface area is 353 Å². The number of hydrogen-bond donors (Lipinski definition) is 2. The van der Waals surface area contributed by atoms with Gasteiger partial charge < -0.3 is 39.0 Å². The highest BCUT2D eigenvalue weighted by molar-refractivity contribution is 6.08. The minimum atomic E-state index is -3.19. The number of aliphatic hydroxyl groups excluding tert-OH is 1. The van der Waals surface area contributed by atoms with Gasteiger partial charge in [-0.1, -0.05) is 71.9 Å². The van der Waals surface area contributed by atoms with Crippen molar-refractivity contribution in [2.75, 3.05) is 13.6 Å². The van der Waals surface area contributed by atoms with E-state index in [1.54, 1.807) is 40.0 Å². The van der Waals surface area contributed by atoms with E-state index < -0.39 is 89.2 Å². The number of Topliss-reactive ketones (excluding diaryl/α,β-unsaturated/α-hetero) is 2. The van der Waals surface area contributed by atoms with Gasteiger partial charge in [-0.2, -0.15) is 0 Å². The third-order valence-electron chi connectivity index (χ3n) is 13.3. The Balaban J connectivity index is 1.44. The van der Waals surface area contributed by atoms with Crippen LogP contribution in [0, 0.1) is 23.2 Å². The number of esters is 1. The first-order valence-electron chi connectivity index (χ1n) is 21.4. The first-order chi connectivity index (χ1) is 28.0. The molecule has 2 N–H and O–H groups in total. The topological polar surface area (TPSA) is 163 Å². The largest absolute Gasteiger partial charge is 0.455 e. The number of cyclic esters (lactones) is 1. The summed E-state index contributed by atoms with van der Waals surface area (Å²) >= 11 is 0. The average Bonchev–Trinajstić information content (AvgIpc) is 3.71. The molecule has 4 aliphatic heterocycles. The van der Waals surface area contributed by atoms with Crippen LogP contribution in [0.3, 0.4) is 0 Å². The zero-order valence-electron chi connectivity index (χ0n) is 36.9. The van der Waals surface area contributed by atoms with E-state index in [0.717, 1.165) is 29.8 Å². The van der Waals surface area contributed by atoms with Gasteiger partial charge >= 0.3 is 12.1 Å². The molecule has 1 aromatic heterocycles. The second-order valence-electron chi connectivity index (χ2n) is 19.3. The number of rotatable bonds is 8. The van der Waals surface area contributed by atoms with Gasteiger partial charge in [-0.15, -0.1) is 0 Å². The van der Waals surface area contributed by atoms with Crippen LogP contribution in [0.2, 0.25) is 0 Å². The number of benzene rings is 1. The summed E-state index contributed by atoms with van der Waals surface area (Å²) in [4.78, 5) is 62.9. The number of ether oxygens (including phenoxy) is 5. The number of carbonyl (C=O) groups excluding carboxylic acids is 4. The number of hydrogen-bond acceptors (Lipinski definition) is 12. The fourth-order valence-corrected chi connectivity index (χ4v) is 9.65. The van der Waals surface area contributed by atoms with Crippen molar-refractivity contribution in [3.05, 3.63) is 48.2 Å². The van der Waals surface area contributed by atoms with Crippen LogP contribution < -0.4 is 5.32 Å². The monoisotopic (exact) mass is 837 g/mol. The number of ketones is 2. The summed E-state index contributed by atoms with van der Waals surface area (Å²) in [5.41, 5.74) is -4.65. The predicted octanol–water partition coefficient (Wildman–Crippen LogP) is 6.37. The van der Waals surface area contributed by atoms with Crippen LogP contribution in [-0.4, -0.2) is 118 Å². The van der Waals surface area contributed by atoms with E-state index in [-0.39, 0.29) is 36.2 Å². The molecule has 14 heteroatoms. The van der Waals surface area contributed by atoms with Gasteiger partial charge in [0, 0.05) is 29.5 Å². The number of alkyl carbamates (subject to hydrolysis) is 1. The zero-order valence-corrected chi connectivity index (χ0v) is 36.9. The lowest BCUT2D eigenvalue weighted by molar-refractivity contribution is -0.294. The second-order valence-corrected chi connectivity index (χ2v) is 19.3. The molecule has 5 heterocycles. The van der Waals surface area contributed by atoms with Crippen molar-refractivity contribution in [1.82, 2.24) is 15.2 Å². The molecule has 2 bridgehead atoms. The number of para-hydroxylation sites is 1. The molecule has 0 spiro atoms. The molecule has 14 atom stereocenters. The maximum Gasteiger partial charge on any atom is 0.408 e. The van der Waals surface area contributed by atoms with Crippen molar-refractivity contribution in [3.63, 3.8) is 0 Å². The highest BCUT2D eigenvalue weighted by Gasteiger charge is 2.62. The fourth-order valence-electron chi connectivity index (χ4n) is 9.65. The number of aromatic nitrogens is 1. The molecular formula is C46H64FN3O10. The molecule has 60 heavy (non-hydrogen) atoms. The molecule has 0 aliphatic carbocycles. The van der Waals surface area contributed by atoms with Crippen LogP contribution in [0.15, 0.2) is 42.6 Å². The summed E-state index contributed by atoms with van der Waals surface area (Å²) in [6, 6.07) is 8.28. The van der Waals surface area contributed by atoms with Crippen LogP contribution in [0.4, 0.5) is 9.18 Å². The van der Waals surface area contributed by atoms with Gasteiger partial charge in [0.05, 0.1) is 41.4 Å². The number of amides is 1. The number of likely N-dealkylation sites (N-methyl/N-ethyl adjacent to an activating group) is 1. The number of fused-ring (bicyclic) bond motifs is 4. The minimum absolute atomic E-state index is 0.000386. The molecule has 4 fully saturated rings. The number of nitrogens with zero attached hydrogens (tertiary/aromatic N) is 2. The van der Waals surface area contributed by atoms with E-state index in [2.05, 4.69) is 36.0 Å². The van der Waals surface area contributed by atoms with Crippen molar-refractivity contribution < 1.29 is 52.4 Å². The lowest BCUT2D eigenvalue weighted by Gasteiger charge is -2.46. The van der Waals surface area contributed by atoms with Crippen LogP contribution >= 0.6 is 0 Å². The lowest BCUT2D eigenvalue weighted by atomic mass is 9.73. The number of carbonyl (C=O) groups is 4. The van der Waals surface area contributed by atoms with Crippen LogP contribution in [0.25, 0.3) is 17.0 Å². The van der Waals surface area contributed by atoms with E-state index in [1.807, 2.05) is 50.4 Å². The average molecular weight is 838 g/mol. The molecule has 6 rings (SSSR count). The van der Waals surface area contributed by atoms with E-state index >= 15 is 4.39 Å². The molecule has 330 valence electrons. The molecule has 4 aliphatic rings. The Morgan fingerprint density at radius 1 is 1.08 bits per heavy atom.